The first-order valence-electron chi connectivity index (χ1n) is 55.2. The average Bonchev–Trinajstić information content (AvgIpc) is 1.59. The molecule has 4 aromatic heterocycles. The Morgan fingerprint density at radius 3 is 0.553 bits per heavy atom. The van der Waals surface area contributed by atoms with E-state index in [0.717, 1.165) is 198 Å². The number of esters is 12. The van der Waals surface area contributed by atoms with Gasteiger partial charge in [0, 0.05) is 24.8 Å². The molecular weight excluding hydrogens is 1970 g/mol. The topological polar surface area (TPSA) is 621 Å². The zero-order chi connectivity index (χ0) is 109. The molecule has 0 unspecified atom stereocenters. The highest BCUT2D eigenvalue weighted by molar-refractivity contribution is 5.79. The third-order valence-electron chi connectivity index (χ3n) is 30.8. The average molecular weight is 2110 g/mol. The van der Waals surface area contributed by atoms with Gasteiger partial charge in [-0.1, -0.05) is 116 Å². The zero-order valence-electron chi connectivity index (χ0n) is 87.4. The molecule has 16 atom stereocenters. The lowest BCUT2D eigenvalue weighted by atomic mass is 9.85. The van der Waals surface area contributed by atoms with Gasteiger partial charge in [-0.2, -0.15) is 19.9 Å². The van der Waals surface area contributed by atoms with E-state index in [1.54, 1.807) is 21.9 Å². The monoisotopic (exact) mass is 2110 g/mol. The molecule has 0 spiro atoms. The van der Waals surface area contributed by atoms with Crippen LogP contribution in [-0.4, -0.2) is 230 Å². The first-order chi connectivity index (χ1) is 74.2. The maximum Gasteiger partial charge on any atom is 0.351 e. The van der Waals surface area contributed by atoms with Crippen molar-refractivity contribution in [2.24, 2.45) is 71.0 Å². The summed E-state index contributed by atoms with van der Waals surface area (Å²) < 4.78 is 132. The molecule has 0 aromatic carbocycles. The van der Waals surface area contributed by atoms with Crippen molar-refractivity contribution in [1.82, 2.24) is 38.2 Å². The summed E-state index contributed by atoms with van der Waals surface area (Å²) in [5, 5.41) is 36.5. The SMILES string of the molecule is [2H][C@@]1(n2ccc(NO)nc2=O)O[C@H](COC(=O)C2CC2)[C@@H](OC(=O)C2CC2)[C@H]1OC(=O)C1CC1.[2H][C@@]1(n2ccc(NO)nc2=O)O[C@H](COC(=O)C2CCC2)[C@@H](OC(=O)C2CCC2)[C@H]1OC(=O)C1CCC1.[2H][C@@]1(n2ccc(NO)nc2=O)O[C@H](COC(=O)C2CCCC2)[C@@H](OC(=O)C2CCCC2)[C@H]1OC(=O)C1CCCC1.[2H][C@@]1(n2ccc(NO)nc2=O)O[C@H](COC(=O)C2CCCCC2)[C@@H](OC(=O)C2CCCCC2)[C@H]1OC(=O)C1CCCCC1. The van der Waals surface area contributed by atoms with Crippen molar-refractivity contribution in [3.63, 3.8) is 0 Å². The first kappa shape index (κ1) is 104. The van der Waals surface area contributed by atoms with Crippen molar-refractivity contribution in [3.05, 3.63) is 91.0 Å². The molecule has 0 radical (unpaired) electrons. The third-order valence-corrected chi connectivity index (χ3v) is 30.8. The summed E-state index contributed by atoms with van der Waals surface area (Å²) in [5.74, 6) is -10.3. The number of nitrogens with zero attached hydrogens (tertiary/aromatic N) is 8. The maximum absolute atomic E-state index is 13.4. The second-order valence-corrected chi connectivity index (χ2v) is 41.5. The van der Waals surface area contributed by atoms with Gasteiger partial charge < -0.3 is 75.8 Å². The van der Waals surface area contributed by atoms with Crippen LogP contribution in [0.2, 0.25) is 0 Å². The Balaban J connectivity index is 0.000000139. The van der Waals surface area contributed by atoms with Gasteiger partial charge in [0.15, 0.2) is 96.9 Å². The van der Waals surface area contributed by atoms with Crippen molar-refractivity contribution in [2.75, 3.05) is 48.3 Å². The number of anilines is 4. The fourth-order valence-electron chi connectivity index (χ4n) is 20.7. The van der Waals surface area contributed by atoms with Crippen molar-refractivity contribution in [2.45, 2.75) is 368 Å². The fourth-order valence-corrected chi connectivity index (χ4v) is 20.7. The number of hydrogen-bond donors (Lipinski definition) is 8. The molecule has 8 N–H and O–H groups in total. The van der Waals surface area contributed by atoms with Crippen LogP contribution in [0.4, 0.5) is 23.3 Å². The van der Waals surface area contributed by atoms with Gasteiger partial charge in [-0.25, -0.2) is 19.2 Å². The standard InChI is InChI=1S/C30H43N3O9.C27H37N3O9.C24H31N3O9.C21H25N3O9/c34-27(19-10-4-1-5-11-19)39-18-22-24(41-28(35)20-12-6-2-7-13-20)25(42-29(36)21-14-8-3-9-15-21)26(40-22)33-17-16-23(32-38)31-30(33)37;31-24(16-7-1-2-8-16)36-15-19-21(38-25(32)17-9-3-4-10-17)22(39-26(33)18-11-5-6-12-18)23(37-19)30-14-13-20(29-35)28-27(30)34;28-21(13-4-1-5-13)33-12-16-18(35-22(29)14-6-2-7-14)19(36-23(30)15-8-3-9-15)20(34-16)27-11-10-17(26-32)25-24(27)31;25-18(10-1-2-10)30-9-13-15(32-19(26)11-3-4-11)16(33-20(27)12-5-6-12)17(31-13)24-8-7-14(23-29)22-21(24)28/h16-17,19-22,24-26,38H,1-15,18H2,(H,31,32,37);13-14,16-19,21-23,35H,1-12,15H2,(H,28,29,34);10-11,13-16,18-20,32H,1-9,12H2,(H,25,26,31);7-8,10-13,15-17,29H,1-6,9H2,(H,22,23,28)/t22-,24-,25-,26-;19-,21-,22-,23-;16-,18-,19-,20-;13-,15-,16-,17-/m1111/s1/i26D;23D;20D;17D. The molecule has 48 nitrogen and oxygen atoms in total. The summed E-state index contributed by atoms with van der Waals surface area (Å²) in [7, 11) is 0. The minimum Gasteiger partial charge on any atom is -0.463 e. The van der Waals surface area contributed by atoms with E-state index in [1.807, 2.05) is 0 Å². The van der Waals surface area contributed by atoms with E-state index < -0.39 is 198 Å². The Hall–Kier alpha value is -12.0. The highest BCUT2D eigenvalue weighted by Crippen LogP contribution is 2.46. The van der Waals surface area contributed by atoms with Crippen molar-refractivity contribution in [1.29, 1.82) is 0 Å². The van der Waals surface area contributed by atoms with E-state index in [2.05, 4.69) is 19.9 Å². The van der Waals surface area contributed by atoms with Crippen LogP contribution in [-0.2, 0) is 133 Å². The lowest BCUT2D eigenvalue weighted by molar-refractivity contribution is -0.177. The second kappa shape index (κ2) is 51.4. The molecule has 12 aliphatic carbocycles. The van der Waals surface area contributed by atoms with Crippen LogP contribution in [0.3, 0.4) is 0 Å². The van der Waals surface area contributed by atoms with Crippen LogP contribution in [0.5, 0.6) is 0 Å². The normalized spacial score (nSPS) is 30.5. The van der Waals surface area contributed by atoms with E-state index in [9.17, 15) is 84.7 Å². The number of nitrogens with one attached hydrogen (secondary N) is 4. The van der Waals surface area contributed by atoms with Crippen LogP contribution >= 0.6 is 0 Å². The van der Waals surface area contributed by atoms with E-state index in [1.165, 1.54) is 36.7 Å². The Labute approximate surface area is 867 Å². The summed E-state index contributed by atoms with van der Waals surface area (Å²) in [4.78, 5) is 220. The number of aromatic nitrogens is 8. The summed E-state index contributed by atoms with van der Waals surface area (Å²) in [6.07, 6.45) is 11.6. The molecule has 0 bridgehead atoms. The van der Waals surface area contributed by atoms with E-state index in [4.69, 9.17) is 94.2 Å². The minimum absolute atomic E-state index is 0.156. The Kier molecular flexibility index (Phi) is 35.6. The van der Waals surface area contributed by atoms with Gasteiger partial charge in [-0.15, -0.1) is 0 Å². The molecule has 16 aliphatic rings. The molecule has 12 saturated carbocycles. The molecule has 4 aromatic rings. The Bertz CT molecular complexity index is 5890. The van der Waals surface area contributed by atoms with Crippen molar-refractivity contribution >= 4 is 94.9 Å². The predicted octanol–water partition coefficient (Wildman–Crippen LogP) is 9.18. The van der Waals surface area contributed by atoms with E-state index in [0.29, 0.717) is 103 Å². The largest absolute Gasteiger partial charge is 0.463 e. The van der Waals surface area contributed by atoms with Gasteiger partial charge in [0.2, 0.25) is 0 Å². The smallest absolute Gasteiger partial charge is 0.351 e. The summed E-state index contributed by atoms with van der Waals surface area (Å²) in [6, 6.07) is 4.93. The summed E-state index contributed by atoms with van der Waals surface area (Å²) in [5.41, 5.74) is 3.16. The number of carbonyl (C=O) groups is 12. The first-order valence-corrected chi connectivity index (χ1v) is 53.2. The van der Waals surface area contributed by atoms with Crippen LogP contribution in [0.15, 0.2) is 68.2 Å². The quantitative estimate of drug-likeness (QED) is 0.0119. The molecule has 16 fully saturated rings. The van der Waals surface area contributed by atoms with Gasteiger partial charge in [-0.05, 0) is 178 Å². The number of carbonyl (C=O) groups excluding carboxylic acids is 12. The lowest BCUT2D eigenvalue weighted by Crippen LogP contribution is -2.45. The molecule has 20 rings (SSSR count). The molecule has 4 saturated heterocycles. The molecule has 4 aliphatic heterocycles. The van der Waals surface area contributed by atoms with Crippen LogP contribution in [0.1, 0.15) is 300 Å². The molecular formula is C102H136N12O36. The van der Waals surface area contributed by atoms with Crippen LogP contribution in [0.25, 0.3) is 0 Å². The van der Waals surface area contributed by atoms with Crippen molar-refractivity contribution in [3.8, 4) is 0 Å². The van der Waals surface area contributed by atoms with Gasteiger partial charge in [-0.3, -0.25) is 119 Å². The highest BCUT2D eigenvalue weighted by Gasteiger charge is 2.59. The molecule has 820 valence electrons. The van der Waals surface area contributed by atoms with Gasteiger partial charge in [0.25, 0.3) is 0 Å². The lowest BCUT2D eigenvalue weighted by Gasteiger charge is -2.31. The van der Waals surface area contributed by atoms with Crippen molar-refractivity contribution < 1.29 is 160 Å². The number of rotatable bonds is 36. The van der Waals surface area contributed by atoms with Crippen LogP contribution in [0, 0.1) is 71.0 Å². The number of ether oxygens (including phenoxy) is 16. The predicted molar refractivity (Wildman–Crippen MR) is 510 cm³/mol. The van der Waals surface area contributed by atoms with E-state index >= 15 is 0 Å². The fraction of sp³-hybridized carbons (Fsp3) is 0.725. The maximum atomic E-state index is 13.4. The molecule has 150 heavy (non-hydrogen) atoms. The molecule has 48 heteroatoms. The van der Waals surface area contributed by atoms with Gasteiger partial charge in [0.1, 0.15) is 50.8 Å². The number of hydrogen-bond acceptors (Lipinski definition) is 44. The Morgan fingerprint density at radius 2 is 0.393 bits per heavy atom. The minimum atomic E-state index is -2.40. The van der Waals surface area contributed by atoms with Gasteiger partial charge in [0.05, 0.1) is 76.5 Å². The Morgan fingerprint density at radius 1 is 0.240 bits per heavy atom. The third kappa shape index (κ3) is 27.6. The second-order valence-electron chi connectivity index (χ2n) is 41.5. The molecule has 0 amide bonds. The summed E-state index contributed by atoms with van der Waals surface area (Å²) >= 11 is 0. The van der Waals surface area contributed by atoms with E-state index in [-0.39, 0.29) is 115 Å². The van der Waals surface area contributed by atoms with Gasteiger partial charge >= 0.3 is 94.4 Å². The molecule has 8 heterocycles. The summed E-state index contributed by atoms with van der Waals surface area (Å²) in [6.45, 7) is -1.41. The zero-order valence-corrected chi connectivity index (χ0v) is 83.4. The highest BCUT2D eigenvalue weighted by atomic mass is 16.7. The van der Waals surface area contributed by atoms with Crippen LogP contribution < -0.4 is 44.7 Å².